The molecule has 9 heteroatoms. The average molecular weight is 454 g/mol. The zero-order valence-electron chi connectivity index (χ0n) is 15.1. The Hall–Kier alpha value is -2.32. The van der Waals surface area contributed by atoms with Crippen LogP contribution in [0.5, 0.6) is 5.75 Å². The van der Waals surface area contributed by atoms with E-state index in [1.165, 1.54) is 0 Å². The Kier molecular flexibility index (Phi) is 5.86. The van der Waals surface area contributed by atoms with E-state index in [0.29, 0.717) is 28.6 Å². The van der Waals surface area contributed by atoms with E-state index in [9.17, 15) is 4.79 Å². The molecular formula is C18H18BrClN4O3. The number of amides is 1. The van der Waals surface area contributed by atoms with Crippen molar-refractivity contribution in [1.82, 2.24) is 19.8 Å². The number of hydrogen-bond acceptors (Lipinski definition) is 5. The number of aryl methyl sites for hydroxylation is 2. The Morgan fingerprint density at radius 1 is 1.44 bits per heavy atom. The average Bonchev–Trinajstić information content (AvgIpc) is 3.16. The standard InChI is InChI=1S/C18H18BrClN4O3/c1-11-14(10-26-13-6-4-5-12(20)7-13)17(22-27-11)18(25)23(2)9-16-15(19)8-21-24(16)3/h4-8H,9-10H2,1-3H3. The molecule has 0 radical (unpaired) electrons. The first-order valence-corrected chi connectivity index (χ1v) is 9.29. The van der Waals surface area contributed by atoms with Gasteiger partial charge in [-0.2, -0.15) is 5.10 Å². The van der Waals surface area contributed by atoms with E-state index in [-0.39, 0.29) is 18.2 Å². The summed E-state index contributed by atoms with van der Waals surface area (Å²) in [7, 11) is 3.52. The van der Waals surface area contributed by atoms with Crippen LogP contribution in [0.1, 0.15) is 27.5 Å². The summed E-state index contributed by atoms with van der Waals surface area (Å²) in [6.45, 7) is 2.27. The van der Waals surface area contributed by atoms with Crippen LogP contribution >= 0.6 is 27.5 Å². The van der Waals surface area contributed by atoms with Gasteiger partial charge in [0.25, 0.3) is 5.91 Å². The summed E-state index contributed by atoms with van der Waals surface area (Å²) >= 11 is 9.41. The monoisotopic (exact) mass is 452 g/mol. The van der Waals surface area contributed by atoms with Gasteiger partial charge in [-0.15, -0.1) is 0 Å². The molecule has 0 aliphatic heterocycles. The fraction of sp³-hybridized carbons (Fsp3) is 0.278. The first-order chi connectivity index (χ1) is 12.9. The van der Waals surface area contributed by atoms with Crippen molar-refractivity contribution in [2.75, 3.05) is 7.05 Å². The number of carbonyl (C=O) groups is 1. The smallest absolute Gasteiger partial charge is 0.276 e. The molecule has 3 aromatic rings. The van der Waals surface area contributed by atoms with Crippen molar-refractivity contribution in [3.8, 4) is 5.75 Å². The molecule has 142 valence electrons. The summed E-state index contributed by atoms with van der Waals surface area (Å²) < 4.78 is 13.5. The van der Waals surface area contributed by atoms with Gasteiger partial charge in [-0.05, 0) is 41.1 Å². The van der Waals surface area contributed by atoms with E-state index >= 15 is 0 Å². The number of nitrogens with zero attached hydrogens (tertiary/aromatic N) is 4. The Balaban J connectivity index is 1.75. The lowest BCUT2D eigenvalue weighted by atomic mass is 10.2. The third-order valence-corrected chi connectivity index (χ3v) is 5.01. The molecule has 2 heterocycles. The number of benzene rings is 1. The molecule has 27 heavy (non-hydrogen) atoms. The number of rotatable bonds is 6. The Morgan fingerprint density at radius 2 is 2.22 bits per heavy atom. The molecule has 0 fully saturated rings. The van der Waals surface area contributed by atoms with E-state index in [1.54, 1.807) is 54.0 Å². The molecule has 0 atom stereocenters. The Bertz CT molecular complexity index is 950. The van der Waals surface area contributed by atoms with E-state index in [2.05, 4.69) is 26.2 Å². The highest BCUT2D eigenvalue weighted by atomic mass is 79.9. The van der Waals surface area contributed by atoms with Crippen LogP contribution in [0, 0.1) is 6.92 Å². The molecule has 7 nitrogen and oxygen atoms in total. The van der Waals surface area contributed by atoms with E-state index in [0.717, 1.165) is 10.2 Å². The second-order valence-corrected chi connectivity index (χ2v) is 7.33. The number of aromatic nitrogens is 3. The summed E-state index contributed by atoms with van der Waals surface area (Å²) in [5.41, 5.74) is 1.72. The van der Waals surface area contributed by atoms with Crippen molar-refractivity contribution in [2.24, 2.45) is 7.05 Å². The summed E-state index contributed by atoms with van der Waals surface area (Å²) in [4.78, 5) is 14.4. The predicted molar refractivity (Wildman–Crippen MR) is 104 cm³/mol. The van der Waals surface area contributed by atoms with Gasteiger partial charge in [-0.25, -0.2) is 0 Å². The van der Waals surface area contributed by atoms with Crippen molar-refractivity contribution in [3.05, 3.63) is 62.7 Å². The zero-order valence-corrected chi connectivity index (χ0v) is 17.4. The molecule has 0 saturated carbocycles. The maximum Gasteiger partial charge on any atom is 0.276 e. The first kappa shape index (κ1) is 19.4. The number of halogens is 2. The van der Waals surface area contributed by atoms with Gasteiger partial charge in [0.05, 0.1) is 28.5 Å². The van der Waals surface area contributed by atoms with Crippen molar-refractivity contribution < 1.29 is 14.1 Å². The highest BCUT2D eigenvalue weighted by Crippen LogP contribution is 2.22. The number of hydrogen-bond donors (Lipinski definition) is 0. The van der Waals surface area contributed by atoms with E-state index in [4.69, 9.17) is 20.9 Å². The second kappa shape index (κ2) is 8.14. The maximum absolute atomic E-state index is 12.9. The Morgan fingerprint density at radius 3 is 2.89 bits per heavy atom. The van der Waals surface area contributed by atoms with Gasteiger partial charge < -0.3 is 14.2 Å². The quantitative estimate of drug-likeness (QED) is 0.564. The van der Waals surface area contributed by atoms with Crippen LogP contribution in [0.3, 0.4) is 0 Å². The van der Waals surface area contributed by atoms with E-state index < -0.39 is 0 Å². The minimum absolute atomic E-state index is 0.153. The van der Waals surface area contributed by atoms with Gasteiger partial charge in [0, 0.05) is 19.1 Å². The minimum Gasteiger partial charge on any atom is -0.489 e. The molecule has 0 spiro atoms. The summed E-state index contributed by atoms with van der Waals surface area (Å²) in [6, 6.07) is 7.06. The SMILES string of the molecule is Cc1onc(C(=O)N(C)Cc2c(Br)cnn2C)c1COc1cccc(Cl)c1. The van der Waals surface area contributed by atoms with Crippen LogP contribution in [-0.4, -0.2) is 32.8 Å². The Labute approximate surface area is 170 Å². The molecule has 0 aliphatic rings. The molecule has 0 unspecified atom stereocenters. The summed E-state index contributed by atoms with van der Waals surface area (Å²) in [5.74, 6) is 0.883. The largest absolute Gasteiger partial charge is 0.489 e. The third kappa shape index (κ3) is 4.33. The van der Waals surface area contributed by atoms with Crippen LogP contribution in [-0.2, 0) is 20.2 Å². The highest BCUT2D eigenvalue weighted by Gasteiger charge is 2.24. The van der Waals surface area contributed by atoms with Crippen LogP contribution in [0.15, 0.2) is 39.5 Å². The third-order valence-electron chi connectivity index (χ3n) is 4.11. The fourth-order valence-corrected chi connectivity index (χ4v) is 3.19. The molecule has 2 aromatic heterocycles. The topological polar surface area (TPSA) is 73.4 Å². The molecule has 0 bridgehead atoms. The predicted octanol–water partition coefficient (Wildman–Crippen LogP) is 3.98. The second-order valence-electron chi connectivity index (χ2n) is 6.04. The summed E-state index contributed by atoms with van der Waals surface area (Å²) in [6.07, 6.45) is 1.69. The highest BCUT2D eigenvalue weighted by molar-refractivity contribution is 9.10. The van der Waals surface area contributed by atoms with Gasteiger partial charge in [0.2, 0.25) is 0 Å². The van der Waals surface area contributed by atoms with Gasteiger partial charge in [0.15, 0.2) is 5.69 Å². The molecule has 1 amide bonds. The van der Waals surface area contributed by atoms with Crippen molar-refractivity contribution in [1.29, 1.82) is 0 Å². The van der Waals surface area contributed by atoms with E-state index in [1.807, 2.05) is 7.05 Å². The molecule has 0 N–H and O–H groups in total. The molecule has 0 aliphatic carbocycles. The lowest BCUT2D eigenvalue weighted by molar-refractivity contribution is 0.0769. The van der Waals surface area contributed by atoms with Crippen molar-refractivity contribution in [3.63, 3.8) is 0 Å². The first-order valence-electron chi connectivity index (χ1n) is 8.12. The summed E-state index contributed by atoms with van der Waals surface area (Å²) in [5, 5.41) is 8.67. The van der Waals surface area contributed by atoms with Gasteiger partial charge >= 0.3 is 0 Å². The maximum atomic E-state index is 12.9. The minimum atomic E-state index is -0.260. The van der Waals surface area contributed by atoms with Gasteiger partial charge in [-0.1, -0.05) is 22.8 Å². The molecule has 0 saturated heterocycles. The van der Waals surface area contributed by atoms with Gasteiger partial charge in [-0.3, -0.25) is 9.48 Å². The zero-order chi connectivity index (χ0) is 19.6. The number of ether oxygens (including phenoxy) is 1. The molecular weight excluding hydrogens is 436 g/mol. The van der Waals surface area contributed by atoms with Gasteiger partial charge in [0.1, 0.15) is 18.1 Å². The normalized spacial score (nSPS) is 10.9. The van der Waals surface area contributed by atoms with Crippen LogP contribution in [0.4, 0.5) is 0 Å². The lowest BCUT2D eigenvalue weighted by Gasteiger charge is -2.17. The van der Waals surface area contributed by atoms with Crippen LogP contribution in [0.2, 0.25) is 5.02 Å². The molecule has 3 rings (SSSR count). The van der Waals surface area contributed by atoms with Crippen molar-refractivity contribution >= 4 is 33.4 Å². The lowest BCUT2D eigenvalue weighted by Crippen LogP contribution is -2.28. The van der Waals surface area contributed by atoms with Crippen LogP contribution < -0.4 is 4.74 Å². The molecule has 1 aromatic carbocycles. The fourth-order valence-electron chi connectivity index (χ4n) is 2.53. The van der Waals surface area contributed by atoms with Crippen molar-refractivity contribution in [2.45, 2.75) is 20.1 Å². The number of carbonyl (C=O) groups excluding carboxylic acids is 1. The van der Waals surface area contributed by atoms with Crippen LogP contribution in [0.25, 0.3) is 0 Å².